The van der Waals surface area contributed by atoms with Crippen molar-refractivity contribution in [1.82, 2.24) is 14.6 Å². The summed E-state index contributed by atoms with van der Waals surface area (Å²) in [4.78, 5) is 5.61. The van der Waals surface area contributed by atoms with Crippen LogP contribution in [0.25, 0.3) is 0 Å². The van der Waals surface area contributed by atoms with Crippen LogP contribution < -0.4 is 4.72 Å². The highest BCUT2D eigenvalue weighted by Crippen LogP contribution is 2.23. The predicted octanol–water partition coefficient (Wildman–Crippen LogP) is 1.97. The first-order valence-corrected chi connectivity index (χ1v) is 8.39. The largest absolute Gasteiger partial charge is 0.468 e. The number of halogens is 1. The molecule has 0 aromatic carbocycles. The van der Waals surface area contributed by atoms with Gasteiger partial charge >= 0.3 is 0 Å². The Morgan fingerprint density at radius 3 is 2.80 bits per heavy atom. The number of furan rings is 1. The Hall–Kier alpha value is -0.930. The maximum absolute atomic E-state index is 12.1. The molecular weight excluding hydrogens is 322 g/mol. The smallest absolute Gasteiger partial charge is 0.251 e. The maximum atomic E-state index is 12.1. The normalized spacial score (nSPS) is 13.8. The van der Waals surface area contributed by atoms with Gasteiger partial charge in [0.15, 0.2) is 8.68 Å². The molecule has 0 aliphatic carbocycles. The lowest BCUT2D eigenvalue weighted by Gasteiger charge is -2.22. The van der Waals surface area contributed by atoms with Crippen LogP contribution in [0.4, 0.5) is 0 Å². The van der Waals surface area contributed by atoms with Gasteiger partial charge in [0.05, 0.1) is 18.5 Å². The minimum Gasteiger partial charge on any atom is -0.468 e. The maximum Gasteiger partial charge on any atom is 0.251 e. The molecule has 1 N–H and O–H groups in total. The zero-order valence-corrected chi connectivity index (χ0v) is 13.3. The van der Waals surface area contributed by atoms with Gasteiger partial charge in [0.2, 0.25) is 0 Å². The topological polar surface area (TPSA) is 75.4 Å². The molecule has 0 saturated heterocycles. The third kappa shape index (κ3) is 3.58. The number of aromatic nitrogens is 1. The summed E-state index contributed by atoms with van der Waals surface area (Å²) in [6.07, 6.45) is 2.80. The van der Waals surface area contributed by atoms with Crippen molar-refractivity contribution in [3.05, 3.63) is 34.8 Å². The van der Waals surface area contributed by atoms with Crippen LogP contribution in [0.15, 0.2) is 33.2 Å². The van der Waals surface area contributed by atoms with Gasteiger partial charge in [-0.05, 0) is 26.2 Å². The molecule has 0 aliphatic rings. The van der Waals surface area contributed by atoms with Gasteiger partial charge in [0.25, 0.3) is 10.0 Å². The Morgan fingerprint density at radius 1 is 1.55 bits per heavy atom. The Balaban J connectivity index is 2.10. The van der Waals surface area contributed by atoms with Gasteiger partial charge in [-0.15, -0.1) is 0 Å². The zero-order valence-electron chi connectivity index (χ0n) is 10.9. The molecule has 0 aliphatic heterocycles. The van der Waals surface area contributed by atoms with E-state index in [0.29, 0.717) is 5.76 Å². The van der Waals surface area contributed by atoms with Gasteiger partial charge in [0.1, 0.15) is 5.76 Å². The number of thiazole rings is 1. The van der Waals surface area contributed by atoms with Crippen molar-refractivity contribution in [2.75, 3.05) is 20.6 Å². The quantitative estimate of drug-likeness (QED) is 0.873. The van der Waals surface area contributed by atoms with E-state index >= 15 is 0 Å². The van der Waals surface area contributed by atoms with E-state index < -0.39 is 10.0 Å². The first-order valence-electron chi connectivity index (χ1n) is 5.71. The number of sulfonamides is 1. The highest BCUT2D eigenvalue weighted by Gasteiger charge is 2.22. The van der Waals surface area contributed by atoms with Crippen LogP contribution in [0, 0.1) is 0 Å². The van der Waals surface area contributed by atoms with E-state index in [9.17, 15) is 8.42 Å². The highest BCUT2D eigenvalue weighted by molar-refractivity contribution is 7.91. The third-order valence-corrected chi connectivity index (χ3v) is 5.68. The number of nitrogens with zero attached hydrogens (tertiary/aromatic N) is 2. The van der Waals surface area contributed by atoms with Crippen molar-refractivity contribution in [2.45, 2.75) is 10.3 Å². The SMILES string of the molecule is CN(C)C(CNS(=O)(=O)c1cnc(Cl)s1)c1ccco1. The molecule has 0 saturated carbocycles. The van der Waals surface area contributed by atoms with Crippen molar-refractivity contribution in [3.8, 4) is 0 Å². The fourth-order valence-corrected chi connectivity index (χ4v) is 4.02. The van der Waals surface area contributed by atoms with Crippen molar-refractivity contribution < 1.29 is 12.8 Å². The van der Waals surface area contributed by atoms with Crippen molar-refractivity contribution >= 4 is 33.0 Å². The van der Waals surface area contributed by atoms with Crippen molar-refractivity contribution in [3.63, 3.8) is 0 Å². The summed E-state index contributed by atoms with van der Waals surface area (Å²) < 4.78 is 32.3. The minimum atomic E-state index is -3.61. The van der Waals surface area contributed by atoms with E-state index in [0.717, 1.165) is 11.3 Å². The lowest BCUT2D eigenvalue weighted by atomic mass is 10.2. The molecule has 2 heterocycles. The molecular formula is C11H14ClN3O3S2. The lowest BCUT2D eigenvalue weighted by Crippen LogP contribution is -2.34. The van der Waals surface area contributed by atoms with Crippen LogP contribution in [-0.2, 0) is 10.0 Å². The van der Waals surface area contributed by atoms with Gasteiger partial charge < -0.3 is 4.42 Å². The van der Waals surface area contributed by atoms with E-state index in [2.05, 4.69) is 9.71 Å². The molecule has 0 bridgehead atoms. The molecule has 0 radical (unpaired) electrons. The fourth-order valence-electron chi connectivity index (χ4n) is 1.64. The first-order chi connectivity index (χ1) is 9.40. The molecule has 110 valence electrons. The molecule has 2 rings (SSSR count). The van der Waals surface area contributed by atoms with Crippen molar-refractivity contribution in [2.24, 2.45) is 0 Å². The number of nitrogens with one attached hydrogen (secondary N) is 1. The van der Waals surface area contributed by atoms with E-state index in [1.165, 1.54) is 6.20 Å². The molecule has 6 nitrogen and oxygen atoms in total. The molecule has 1 atom stereocenters. The summed E-state index contributed by atoms with van der Waals surface area (Å²) in [5.41, 5.74) is 0. The first kappa shape index (κ1) is 15.5. The average Bonchev–Trinajstić information content (AvgIpc) is 3.00. The second-order valence-corrected chi connectivity index (χ2v) is 7.89. The van der Waals surface area contributed by atoms with E-state index in [1.807, 2.05) is 25.1 Å². The van der Waals surface area contributed by atoms with Crippen LogP contribution in [0.3, 0.4) is 0 Å². The van der Waals surface area contributed by atoms with Crippen LogP contribution in [0.2, 0.25) is 4.47 Å². The Morgan fingerprint density at radius 2 is 2.30 bits per heavy atom. The molecule has 0 amide bonds. The summed E-state index contributed by atoms with van der Waals surface area (Å²) >= 11 is 6.57. The highest BCUT2D eigenvalue weighted by atomic mass is 35.5. The molecule has 0 spiro atoms. The van der Waals surface area contributed by atoms with Crippen LogP contribution in [-0.4, -0.2) is 38.9 Å². The molecule has 0 fully saturated rings. The number of hydrogen-bond donors (Lipinski definition) is 1. The number of rotatable bonds is 6. The van der Waals surface area contributed by atoms with Gasteiger partial charge in [-0.3, -0.25) is 4.90 Å². The van der Waals surface area contributed by atoms with E-state index in [4.69, 9.17) is 16.0 Å². The lowest BCUT2D eigenvalue weighted by molar-refractivity contribution is 0.259. The summed E-state index contributed by atoms with van der Waals surface area (Å²) in [5, 5.41) is 0. The molecule has 2 aromatic heterocycles. The summed E-state index contributed by atoms with van der Waals surface area (Å²) in [7, 11) is 0.0986. The third-order valence-electron chi connectivity index (χ3n) is 2.68. The molecule has 20 heavy (non-hydrogen) atoms. The number of likely N-dealkylation sites (N-methyl/N-ethyl adjacent to an activating group) is 1. The van der Waals surface area contributed by atoms with Crippen LogP contribution >= 0.6 is 22.9 Å². The van der Waals surface area contributed by atoms with Gasteiger partial charge in [0, 0.05) is 6.54 Å². The Bertz CT molecular complexity index is 652. The monoisotopic (exact) mass is 335 g/mol. The zero-order chi connectivity index (χ0) is 14.8. The summed E-state index contributed by atoms with van der Waals surface area (Å²) in [6, 6.07) is 3.38. The minimum absolute atomic E-state index is 0.0967. The average molecular weight is 336 g/mol. The second-order valence-electron chi connectivity index (χ2n) is 4.28. The van der Waals surface area contributed by atoms with Crippen LogP contribution in [0.5, 0.6) is 0 Å². The van der Waals surface area contributed by atoms with Gasteiger partial charge in [-0.2, -0.15) is 0 Å². The standard InChI is InChI=1S/C11H14ClN3O3S2/c1-15(2)8(9-4-3-5-18-9)6-14-20(16,17)10-7-13-11(12)19-10/h3-5,7-8,14H,6H2,1-2H3. The fraction of sp³-hybridized carbons (Fsp3) is 0.364. The molecule has 9 heteroatoms. The Labute approximate surface area is 126 Å². The second kappa shape index (κ2) is 6.23. The van der Waals surface area contributed by atoms with E-state index in [1.54, 1.807) is 12.3 Å². The van der Waals surface area contributed by atoms with Gasteiger partial charge in [-0.25, -0.2) is 18.1 Å². The molecule has 1 unspecified atom stereocenters. The van der Waals surface area contributed by atoms with Gasteiger partial charge in [-0.1, -0.05) is 22.9 Å². The Kier molecular flexibility index (Phi) is 4.82. The number of hydrogen-bond acceptors (Lipinski definition) is 6. The van der Waals surface area contributed by atoms with Crippen molar-refractivity contribution in [1.29, 1.82) is 0 Å². The molecule has 2 aromatic rings. The summed E-state index contributed by atoms with van der Waals surface area (Å²) in [5.74, 6) is 0.694. The van der Waals surface area contributed by atoms with Crippen LogP contribution in [0.1, 0.15) is 11.8 Å². The predicted molar refractivity (Wildman–Crippen MR) is 77.4 cm³/mol. The summed E-state index contributed by atoms with van der Waals surface area (Å²) in [6.45, 7) is 0.193. The van der Waals surface area contributed by atoms with E-state index in [-0.39, 0.29) is 21.3 Å².